The zero-order valence-corrected chi connectivity index (χ0v) is 13.3. The number of nitro groups is 1. The van der Waals surface area contributed by atoms with Gasteiger partial charge < -0.3 is 5.32 Å². The number of hydrogen-bond donors (Lipinski definition) is 3. The summed E-state index contributed by atoms with van der Waals surface area (Å²) in [5.74, 6) is -0.727. The molecule has 10 heteroatoms. The van der Waals surface area contributed by atoms with Gasteiger partial charge in [-0.3, -0.25) is 30.7 Å². The molecule has 1 amide bonds. The van der Waals surface area contributed by atoms with E-state index >= 15 is 0 Å². The molecule has 0 atom stereocenters. The average molecular weight is 351 g/mol. The Morgan fingerprint density at radius 1 is 0.962 bits per heavy atom. The van der Waals surface area contributed by atoms with E-state index in [1.54, 1.807) is 36.4 Å². The van der Waals surface area contributed by atoms with Gasteiger partial charge in [0, 0.05) is 11.9 Å². The van der Waals surface area contributed by atoms with Crippen LogP contribution in [0.5, 0.6) is 0 Å². The van der Waals surface area contributed by atoms with Crippen LogP contribution in [0.2, 0.25) is 0 Å². The van der Waals surface area contributed by atoms with E-state index in [9.17, 15) is 14.9 Å². The van der Waals surface area contributed by atoms with E-state index in [-0.39, 0.29) is 17.3 Å². The van der Waals surface area contributed by atoms with Crippen molar-refractivity contribution >= 4 is 28.9 Å². The highest BCUT2D eigenvalue weighted by Crippen LogP contribution is 2.30. The normalized spacial score (nSPS) is 10.0. The predicted octanol–water partition coefficient (Wildman–Crippen LogP) is 2.28. The predicted molar refractivity (Wildman–Crippen MR) is 93.7 cm³/mol. The molecule has 0 radical (unpaired) electrons. The quantitative estimate of drug-likeness (QED) is 0.455. The second-order valence-corrected chi connectivity index (χ2v) is 4.96. The molecule has 3 N–H and O–H groups in total. The number of benzene rings is 1. The Hall–Kier alpha value is -4.08. The molecule has 0 saturated carbocycles. The third-order valence-electron chi connectivity index (χ3n) is 3.23. The first kappa shape index (κ1) is 16.8. The Labute approximate surface area is 147 Å². The molecule has 10 nitrogen and oxygen atoms in total. The number of aromatic nitrogens is 3. The second-order valence-electron chi connectivity index (χ2n) is 4.96. The summed E-state index contributed by atoms with van der Waals surface area (Å²) >= 11 is 0. The first-order valence-corrected chi connectivity index (χ1v) is 7.44. The number of nitrogens with one attached hydrogen (secondary N) is 3. The van der Waals surface area contributed by atoms with E-state index in [4.69, 9.17) is 0 Å². The lowest BCUT2D eigenvalue weighted by Crippen LogP contribution is -2.31. The van der Waals surface area contributed by atoms with Crippen LogP contribution in [0.25, 0.3) is 0 Å². The van der Waals surface area contributed by atoms with Crippen LogP contribution in [0.1, 0.15) is 10.5 Å². The Kier molecular flexibility index (Phi) is 4.94. The van der Waals surface area contributed by atoms with E-state index in [2.05, 4.69) is 31.1 Å². The Morgan fingerprint density at radius 3 is 2.38 bits per heavy atom. The van der Waals surface area contributed by atoms with Crippen LogP contribution in [0.3, 0.4) is 0 Å². The van der Waals surface area contributed by atoms with Gasteiger partial charge in [0.25, 0.3) is 5.91 Å². The summed E-state index contributed by atoms with van der Waals surface area (Å²) in [6.45, 7) is 0. The van der Waals surface area contributed by atoms with E-state index in [1.807, 2.05) is 6.07 Å². The Morgan fingerprint density at radius 2 is 1.69 bits per heavy atom. The van der Waals surface area contributed by atoms with Gasteiger partial charge in [0.2, 0.25) is 11.6 Å². The van der Waals surface area contributed by atoms with Crippen LogP contribution in [-0.2, 0) is 0 Å². The number of nitrogens with zero attached hydrogens (tertiary/aromatic N) is 4. The SMILES string of the molecule is O=C(NNc1ncnc(Nc2ccccc2)c1[N+](=O)[O-])c1ccccn1. The maximum Gasteiger partial charge on any atom is 0.355 e. The minimum Gasteiger partial charge on any atom is -0.334 e. The third-order valence-corrected chi connectivity index (χ3v) is 3.23. The van der Waals surface area contributed by atoms with Gasteiger partial charge in [0.1, 0.15) is 12.0 Å². The van der Waals surface area contributed by atoms with Gasteiger partial charge in [-0.1, -0.05) is 24.3 Å². The van der Waals surface area contributed by atoms with Crippen molar-refractivity contribution in [3.05, 3.63) is 76.9 Å². The van der Waals surface area contributed by atoms with Gasteiger partial charge in [-0.25, -0.2) is 9.97 Å². The molecule has 1 aromatic carbocycles. The minimum absolute atomic E-state index is 0.00853. The molecule has 2 heterocycles. The highest BCUT2D eigenvalue weighted by atomic mass is 16.6. The van der Waals surface area contributed by atoms with Crippen molar-refractivity contribution in [2.24, 2.45) is 0 Å². The first-order chi connectivity index (χ1) is 12.6. The fraction of sp³-hybridized carbons (Fsp3) is 0. The van der Waals surface area contributed by atoms with Crippen molar-refractivity contribution in [3.63, 3.8) is 0 Å². The van der Waals surface area contributed by atoms with Gasteiger partial charge in [0.15, 0.2) is 0 Å². The van der Waals surface area contributed by atoms with Crippen LogP contribution in [0.15, 0.2) is 61.1 Å². The molecule has 0 aliphatic heterocycles. The fourth-order valence-electron chi connectivity index (χ4n) is 2.07. The van der Waals surface area contributed by atoms with Gasteiger partial charge in [-0.05, 0) is 24.3 Å². The zero-order chi connectivity index (χ0) is 18.4. The summed E-state index contributed by atoms with van der Waals surface area (Å²) in [4.78, 5) is 34.5. The monoisotopic (exact) mass is 351 g/mol. The summed E-state index contributed by atoms with van der Waals surface area (Å²) in [6, 6.07) is 13.7. The largest absolute Gasteiger partial charge is 0.355 e. The standard InChI is InChI=1S/C16H13N7O3/c24-16(12-8-4-5-9-17-12)22-21-15-13(23(25)26)14(18-10-19-15)20-11-6-2-1-3-7-11/h1-10H,(H,22,24)(H2,18,19,20,21). The van der Waals surface area contributed by atoms with Gasteiger partial charge in [-0.15, -0.1) is 0 Å². The maximum atomic E-state index is 12.0. The molecule has 0 aliphatic rings. The molecule has 3 rings (SSSR count). The number of hydrogen-bond acceptors (Lipinski definition) is 8. The highest BCUT2D eigenvalue weighted by molar-refractivity contribution is 5.93. The number of anilines is 3. The lowest BCUT2D eigenvalue weighted by Gasteiger charge is -2.10. The Bertz CT molecular complexity index is 920. The molecule has 0 bridgehead atoms. The lowest BCUT2D eigenvalue weighted by molar-refractivity contribution is -0.383. The molecule has 0 fully saturated rings. The smallest absolute Gasteiger partial charge is 0.334 e. The molecular weight excluding hydrogens is 338 g/mol. The van der Waals surface area contributed by atoms with Gasteiger partial charge in [0.05, 0.1) is 4.92 Å². The van der Waals surface area contributed by atoms with Crippen LogP contribution in [0, 0.1) is 10.1 Å². The van der Waals surface area contributed by atoms with Crippen molar-refractivity contribution < 1.29 is 9.72 Å². The van der Waals surface area contributed by atoms with Crippen LogP contribution < -0.4 is 16.2 Å². The number of carbonyl (C=O) groups excluding carboxylic acids is 1. The highest BCUT2D eigenvalue weighted by Gasteiger charge is 2.23. The molecule has 0 aliphatic carbocycles. The molecule has 0 spiro atoms. The number of para-hydroxylation sites is 1. The van der Waals surface area contributed by atoms with Crippen molar-refractivity contribution in [1.82, 2.24) is 20.4 Å². The van der Waals surface area contributed by atoms with Gasteiger partial charge in [-0.2, -0.15) is 0 Å². The molecule has 3 aromatic rings. The zero-order valence-electron chi connectivity index (χ0n) is 13.3. The van der Waals surface area contributed by atoms with Crippen LogP contribution in [0.4, 0.5) is 23.0 Å². The van der Waals surface area contributed by atoms with Crippen molar-refractivity contribution in [2.45, 2.75) is 0 Å². The van der Waals surface area contributed by atoms with Crippen molar-refractivity contribution in [3.8, 4) is 0 Å². The molecule has 0 unspecified atom stereocenters. The molecular formula is C16H13N7O3. The number of carbonyl (C=O) groups is 1. The molecule has 0 saturated heterocycles. The Balaban J connectivity index is 1.82. The summed E-state index contributed by atoms with van der Waals surface area (Å²) < 4.78 is 0. The van der Waals surface area contributed by atoms with Crippen molar-refractivity contribution in [1.29, 1.82) is 0 Å². The summed E-state index contributed by atoms with van der Waals surface area (Å²) in [5.41, 5.74) is 5.14. The summed E-state index contributed by atoms with van der Waals surface area (Å²) in [5, 5.41) is 14.3. The third kappa shape index (κ3) is 3.87. The number of hydrazine groups is 1. The molecule has 26 heavy (non-hydrogen) atoms. The lowest BCUT2D eigenvalue weighted by atomic mass is 10.3. The average Bonchev–Trinajstić information content (AvgIpc) is 2.67. The van der Waals surface area contributed by atoms with E-state index < -0.39 is 16.5 Å². The second kappa shape index (κ2) is 7.66. The summed E-state index contributed by atoms with van der Waals surface area (Å²) in [7, 11) is 0. The van der Waals surface area contributed by atoms with E-state index in [1.165, 1.54) is 12.3 Å². The fourth-order valence-corrected chi connectivity index (χ4v) is 2.07. The van der Waals surface area contributed by atoms with Crippen LogP contribution in [-0.4, -0.2) is 25.8 Å². The maximum absolute atomic E-state index is 12.0. The van der Waals surface area contributed by atoms with Crippen LogP contribution >= 0.6 is 0 Å². The first-order valence-electron chi connectivity index (χ1n) is 7.44. The number of pyridine rings is 1. The molecule has 2 aromatic heterocycles. The van der Waals surface area contributed by atoms with Crippen molar-refractivity contribution in [2.75, 3.05) is 10.7 Å². The molecule has 130 valence electrons. The topological polar surface area (TPSA) is 135 Å². The minimum atomic E-state index is -0.638. The summed E-state index contributed by atoms with van der Waals surface area (Å²) in [6.07, 6.45) is 2.61. The van der Waals surface area contributed by atoms with E-state index in [0.29, 0.717) is 5.69 Å². The van der Waals surface area contributed by atoms with Gasteiger partial charge >= 0.3 is 5.69 Å². The van der Waals surface area contributed by atoms with E-state index in [0.717, 1.165) is 6.33 Å². The number of rotatable bonds is 6. The number of amides is 1.